The minimum absolute atomic E-state index is 0.0287. The molecule has 1 aromatic rings. The van der Waals surface area contributed by atoms with Crippen LogP contribution in [0.5, 0.6) is 0 Å². The minimum Gasteiger partial charge on any atom is -0.359 e. The first-order valence-corrected chi connectivity index (χ1v) is 8.39. The average molecular weight is 319 g/mol. The van der Waals surface area contributed by atoms with Crippen LogP contribution in [0.2, 0.25) is 0 Å². The highest BCUT2D eigenvalue weighted by atomic mass is 16.2. The highest BCUT2D eigenvalue weighted by Crippen LogP contribution is 2.31. The number of nitrogens with one attached hydrogen (secondary N) is 2. The van der Waals surface area contributed by atoms with E-state index in [-0.39, 0.29) is 17.7 Å². The summed E-state index contributed by atoms with van der Waals surface area (Å²) < 4.78 is 1.82. The van der Waals surface area contributed by atoms with Crippen molar-refractivity contribution >= 4 is 11.8 Å². The van der Waals surface area contributed by atoms with Gasteiger partial charge in [0.15, 0.2) is 0 Å². The topological polar surface area (TPSA) is 79.3 Å². The van der Waals surface area contributed by atoms with Gasteiger partial charge in [-0.2, -0.15) is 5.10 Å². The molecule has 3 rings (SSSR count). The number of carbonyl (C=O) groups is 2. The zero-order valence-electron chi connectivity index (χ0n) is 13.6. The molecule has 1 atom stereocenters. The maximum Gasteiger partial charge on any atom is 0.250 e. The third-order valence-electron chi connectivity index (χ3n) is 5.10. The van der Waals surface area contributed by atoms with Gasteiger partial charge in [0.1, 0.15) is 5.54 Å². The second-order valence-corrected chi connectivity index (χ2v) is 6.44. The lowest BCUT2D eigenvalue weighted by Crippen LogP contribution is -2.58. The summed E-state index contributed by atoms with van der Waals surface area (Å²) in [4.78, 5) is 27.2. The van der Waals surface area contributed by atoms with Gasteiger partial charge in [0.05, 0.1) is 5.92 Å². The molecule has 3 heterocycles. The summed E-state index contributed by atoms with van der Waals surface area (Å²) in [7, 11) is 1.65. The van der Waals surface area contributed by atoms with E-state index in [9.17, 15) is 9.59 Å². The smallest absolute Gasteiger partial charge is 0.250 e. The van der Waals surface area contributed by atoms with Gasteiger partial charge in [0.25, 0.3) is 5.91 Å². The van der Waals surface area contributed by atoms with Crippen molar-refractivity contribution < 1.29 is 9.59 Å². The van der Waals surface area contributed by atoms with Gasteiger partial charge in [-0.05, 0) is 44.8 Å². The van der Waals surface area contributed by atoms with Crippen LogP contribution in [0, 0.1) is 5.92 Å². The quantitative estimate of drug-likeness (QED) is 0.818. The summed E-state index contributed by atoms with van der Waals surface area (Å²) in [5.41, 5.74) is -0.612. The van der Waals surface area contributed by atoms with Crippen molar-refractivity contribution in [3.63, 3.8) is 0 Å². The molecule has 2 N–H and O–H groups in total. The van der Waals surface area contributed by atoms with Crippen LogP contribution in [-0.2, 0) is 15.1 Å². The van der Waals surface area contributed by atoms with E-state index in [1.807, 2.05) is 21.8 Å². The number of rotatable bonds is 3. The van der Waals surface area contributed by atoms with Crippen LogP contribution in [0.25, 0.3) is 0 Å². The van der Waals surface area contributed by atoms with Crippen molar-refractivity contribution in [2.75, 3.05) is 33.2 Å². The normalized spacial score (nSPS) is 24.2. The first-order chi connectivity index (χ1) is 11.2. The van der Waals surface area contributed by atoms with Gasteiger partial charge in [-0.1, -0.05) is 0 Å². The van der Waals surface area contributed by atoms with E-state index in [2.05, 4.69) is 15.7 Å². The van der Waals surface area contributed by atoms with Crippen molar-refractivity contribution in [1.29, 1.82) is 0 Å². The number of amides is 2. The van der Waals surface area contributed by atoms with Crippen molar-refractivity contribution in [1.82, 2.24) is 25.3 Å². The molecule has 0 radical (unpaired) electrons. The number of aromatic nitrogens is 2. The van der Waals surface area contributed by atoms with E-state index in [1.165, 1.54) is 0 Å². The Bertz CT molecular complexity index is 551. The lowest BCUT2D eigenvalue weighted by Gasteiger charge is -2.42. The molecule has 2 amide bonds. The fourth-order valence-corrected chi connectivity index (χ4v) is 3.78. The molecular weight excluding hydrogens is 294 g/mol. The van der Waals surface area contributed by atoms with E-state index in [0.717, 1.165) is 45.3 Å². The minimum atomic E-state index is -0.612. The molecule has 7 heteroatoms. The van der Waals surface area contributed by atoms with Gasteiger partial charge in [0.2, 0.25) is 5.91 Å². The predicted molar refractivity (Wildman–Crippen MR) is 85.7 cm³/mol. The zero-order valence-corrected chi connectivity index (χ0v) is 13.6. The Morgan fingerprint density at radius 3 is 2.78 bits per heavy atom. The molecule has 0 saturated carbocycles. The van der Waals surface area contributed by atoms with E-state index in [1.54, 1.807) is 13.2 Å². The summed E-state index contributed by atoms with van der Waals surface area (Å²) >= 11 is 0. The number of piperidine rings is 2. The third-order valence-corrected chi connectivity index (χ3v) is 5.10. The van der Waals surface area contributed by atoms with E-state index in [4.69, 9.17) is 0 Å². The standard InChI is InChI=1S/C16H25N5O2/c1-17-14(22)13-4-2-10-20(12-13)15(23)16(5-8-18-9-6-16)21-11-3-7-19-21/h3,7,11,13,18H,2,4-6,8-10,12H2,1H3,(H,17,22). The van der Waals surface area contributed by atoms with Crippen LogP contribution in [0.4, 0.5) is 0 Å². The Morgan fingerprint density at radius 2 is 2.13 bits per heavy atom. The maximum absolute atomic E-state index is 13.3. The number of nitrogens with zero attached hydrogens (tertiary/aromatic N) is 3. The predicted octanol–water partition coefficient (Wildman–Crippen LogP) is -0.0536. The largest absolute Gasteiger partial charge is 0.359 e. The molecule has 0 aromatic carbocycles. The number of hydrogen-bond donors (Lipinski definition) is 2. The maximum atomic E-state index is 13.3. The molecule has 0 bridgehead atoms. The Balaban J connectivity index is 1.82. The van der Waals surface area contributed by atoms with E-state index >= 15 is 0 Å². The fourth-order valence-electron chi connectivity index (χ4n) is 3.78. The van der Waals surface area contributed by atoms with Crippen molar-refractivity contribution in [3.05, 3.63) is 18.5 Å². The summed E-state index contributed by atoms with van der Waals surface area (Å²) in [5, 5.41) is 10.4. The third kappa shape index (κ3) is 2.97. The first kappa shape index (κ1) is 16.0. The van der Waals surface area contributed by atoms with Crippen LogP contribution < -0.4 is 10.6 Å². The molecule has 7 nitrogen and oxygen atoms in total. The van der Waals surface area contributed by atoms with Crippen molar-refractivity contribution in [2.24, 2.45) is 5.92 Å². The lowest BCUT2D eigenvalue weighted by molar-refractivity contribution is -0.146. The Hall–Kier alpha value is -1.89. The molecule has 126 valence electrons. The Morgan fingerprint density at radius 1 is 1.35 bits per heavy atom. The van der Waals surface area contributed by atoms with Gasteiger partial charge < -0.3 is 15.5 Å². The lowest BCUT2D eigenvalue weighted by atomic mass is 9.85. The molecule has 0 aliphatic carbocycles. The SMILES string of the molecule is CNC(=O)C1CCCN(C(=O)C2(n3cccn3)CCNCC2)C1. The Kier molecular flexibility index (Phi) is 4.66. The number of hydrogen-bond acceptors (Lipinski definition) is 4. The molecule has 2 saturated heterocycles. The van der Waals surface area contributed by atoms with Gasteiger partial charge in [-0.25, -0.2) is 0 Å². The summed E-state index contributed by atoms with van der Waals surface area (Å²) in [5.74, 6) is 0.0336. The highest BCUT2D eigenvalue weighted by Gasteiger charge is 2.45. The fraction of sp³-hybridized carbons (Fsp3) is 0.688. The van der Waals surface area contributed by atoms with Crippen LogP contribution in [-0.4, -0.2) is 59.7 Å². The van der Waals surface area contributed by atoms with Crippen molar-refractivity contribution in [3.8, 4) is 0 Å². The average Bonchev–Trinajstić information content (AvgIpc) is 3.16. The molecule has 23 heavy (non-hydrogen) atoms. The Labute approximate surface area is 136 Å². The van der Waals surface area contributed by atoms with E-state index < -0.39 is 5.54 Å². The molecule has 0 spiro atoms. The molecule has 2 fully saturated rings. The summed E-state index contributed by atoms with van der Waals surface area (Å²) in [6, 6.07) is 1.86. The molecule has 2 aliphatic rings. The second kappa shape index (κ2) is 6.70. The zero-order chi connectivity index (χ0) is 16.3. The highest BCUT2D eigenvalue weighted by molar-refractivity contribution is 5.86. The van der Waals surface area contributed by atoms with Gasteiger partial charge in [-0.15, -0.1) is 0 Å². The van der Waals surface area contributed by atoms with Crippen LogP contribution in [0.15, 0.2) is 18.5 Å². The van der Waals surface area contributed by atoms with Gasteiger partial charge in [-0.3, -0.25) is 14.3 Å². The number of carbonyl (C=O) groups excluding carboxylic acids is 2. The molecule has 1 unspecified atom stereocenters. The number of likely N-dealkylation sites (tertiary alicyclic amines) is 1. The molecule has 1 aromatic heterocycles. The first-order valence-electron chi connectivity index (χ1n) is 8.39. The summed E-state index contributed by atoms with van der Waals surface area (Å²) in [6.07, 6.45) is 6.78. The van der Waals surface area contributed by atoms with Gasteiger partial charge in [0, 0.05) is 32.5 Å². The van der Waals surface area contributed by atoms with Gasteiger partial charge >= 0.3 is 0 Å². The monoisotopic (exact) mass is 319 g/mol. The molecular formula is C16H25N5O2. The van der Waals surface area contributed by atoms with E-state index in [0.29, 0.717) is 6.54 Å². The summed E-state index contributed by atoms with van der Waals surface area (Å²) in [6.45, 7) is 2.84. The second-order valence-electron chi connectivity index (χ2n) is 6.44. The van der Waals surface area contributed by atoms with Crippen LogP contribution in [0.1, 0.15) is 25.7 Å². The van der Waals surface area contributed by atoms with Crippen molar-refractivity contribution in [2.45, 2.75) is 31.2 Å². The van der Waals surface area contributed by atoms with Crippen LogP contribution in [0.3, 0.4) is 0 Å². The molecule has 2 aliphatic heterocycles. The van der Waals surface area contributed by atoms with Crippen LogP contribution >= 0.6 is 0 Å².